The number of fused-ring (bicyclic) bond motifs is 1. The Balaban J connectivity index is 1.57. The monoisotopic (exact) mass is 469 g/mol. The number of ether oxygens (including phenoxy) is 2. The van der Waals surface area contributed by atoms with Crippen molar-refractivity contribution in [3.63, 3.8) is 0 Å². The van der Waals surface area contributed by atoms with E-state index in [4.69, 9.17) is 13.9 Å². The Morgan fingerprint density at radius 1 is 1.26 bits per heavy atom. The number of nitrogens with zero attached hydrogens (tertiary/aromatic N) is 4. The Kier molecular flexibility index (Phi) is 7.59. The average molecular weight is 470 g/mol. The number of pyridine rings is 1. The molecule has 1 saturated heterocycles. The van der Waals surface area contributed by atoms with Crippen molar-refractivity contribution in [1.29, 1.82) is 0 Å². The first-order valence-electron chi connectivity index (χ1n) is 11.6. The molecule has 1 aliphatic rings. The van der Waals surface area contributed by atoms with Gasteiger partial charge in [-0.05, 0) is 45.4 Å². The Hall–Kier alpha value is -3.24. The van der Waals surface area contributed by atoms with Crippen molar-refractivity contribution in [2.45, 2.75) is 39.8 Å². The molecule has 0 aromatic carbocycles. The quantitative estimate of drug-likeness (QED) is 0.474. The number of aromatic nitrogens is 3. The van der Waals surface area contributed by atoms with Crippen LogP contribution in [0.3, 0.4) is 0 Å². The number of rotatable bonds is 9. The van der Waals surface area contributed by atoms with E-state index in [0.29, 0.717) is 23.9 Å². The van der Waals surface area contributed by atoms with Gasteiger partial charge in [-0.3, -0.25) is 19.1 Å². The predicted octanol–water partition coefficient (Wildman–Crippen LogP) is 1.99. The lowest BCUT2D eigenvalue weighted by molar-refractivity contribution is -0.122. The SMILES string of the molecule is Cc1ccc(-c2nc3ncc(OCCCN4CCOCC4)cc3c(=O)n2CC(=O)NC(C)C)o1. The summed E-state index contributed by atoms with van der Waals surface area (Å²) in [7, 11) is 0. The van der Waals surface area contributed by atoms with E-state index in [2.05, 4.69) is 20.2 Å². The molecule has 4 rings (SSSR count). The van der Waals surface area contributed by atoms with Crippen LogP contribution in [-0.4, -0.2) is 70.8 Å². The fraction of sp³-hybridized carbons (Fsp3) is 0.500. The van der Waals surface area contributed by atoms with Crippen molar-refractivity contribution in [3.8, 4) is 17.3 Å². The second kappa shape index (κ2) is 10.8. The first-order chi connectivity index (χ1) is 16.4. The first-order valence-corrected chi connectivity index (χ1v) is 11.6. The minimum absolute atomic E-state index is 0.0509. The fourth-order valence-electron chi connectivity index (χ4n) is 3.87. The normalized spacial score (nSPS) is 14.6. The third-order valence-electron chi connectivity index (χ3n) is 5.49. The first kappa shape index (κ1) is 23.9. The topological polar surface area (TPSA) is 112 Å². The van der Waals surface area contributed by atoms with Crippen LogP contribution in [0.4, 0.5) is 0 Å². The van der Waals surface area contributed by atoms with Crippen molar-refractivity contribution in [2.24, 2.45) is 0 Å². The molecule has 0 unspecified atom stereocenters. The van der Waals surface area contributed by atoms with Gasteiger partial charge in [0.2, 0.25) is 5.91 Å². The Labute approximate surface area is 197 Å². The number of hydrogen-bond donors (Lipinski definition) is 1. The molecule has 182 valence electrons. The number of morpholine rings is 1. The van der Waals surface area contributed by atoms with Crippen molar-refractivity contribution in [3.05, 3.63) is 40.5 Å². The summed E-state index contributed by atoms with van der Waals surface area (Å²) >= 11 is 0. The number of furan rings is 1. The van der Waals surface area contributed by atoms with Gasteiger partial charge in [0, 0.05) is 25.7 Å². The molecule has 3 aromatic rings. The van der Waals surface area contributed by atoms with Crippen LogP contribution in [0.1, 0.15) is 26.0 Å². The van der Waals surface area contributed by atoms with Crippen molar-refractivity contribution < 1.29 is 18.7 Å². The minimum Gasteiger partial charge on any atom is -0.492 e. The number of nitrogens with one attached hydrogen (secondary N) is 1. The van der Waals surface area contributed by atoms with Crippen LogP contribution in [0.2, 0.25) is 0 Å². The maximum absolute atomic E-state index is 13.4. The molecule has 0 radical (unpaired) electrons. The maximum Gasteiger partial charge on any atom is 0.264 e. The highest BCUT2D eigenvalue weighted by atomic mass is 16.5. The molecule has 10 heteroatoms. The number of amides is 1. The van der Waals surface area contributed by atoms with Gasteiger partial charge < -0.3 is 19.2 Å². The van der Waals surface area contributed by atoms with Gasteiger partial charge in [0.25, 0.3) is 5.56 Å². The summed E-state index contributed by atoms with van der Waals surface area (Å²) in [6, 6.07) is 5.10. The number of carbonyl (C=O) groups excluding carboxylic acids is 1. The Morgan fingerprint density at radius 3 is 2.76 bits per heavy atom. The standard InChI is InChI=1S/C24H31N5O5/c1-16(2)26-21(30)15-29-23(20-6-5-17(3)34-20)27-22-19(24(29)31)13-18(14-25-22)33-10-4-7-28-8-11-32-12-9-28/h5-6,13-14,16H,4,7-12,15H2,1-3H3,(H,26,30). The summed E-state index contributed by atoms with van der Waals surface area (Å²) < 4.78 is 18.2. The van der Waals surface area contributed by atoms with Gasteiger partial charge >= 0.3 is 0 Å². The highest BCUT2D eigenvalue weighted by Crippen LogP contribution is 2.22. The van der Waals surface area contributed by atoms with Gasteiger partial charge in [-0.25, -0.2) is 9.97 Å². The second-order valence-corrected chi connectivity index (χ2v) is 8.66. The highest BCUT2D eigenvalue weighted by Gasteiger charge is 2.19. The second-order valence-electron chi connectivity index (χ2n) is 8.66. The minimum atomic E-state index is -0.376. The van der Waals surface area contributed by atoms with Crippen molar-refractivity contribution in [1.82, 2.24) is 24.8 Å². The van der Waals surface area contributed by atoms with Gasteiger partial charge in [-0.1, -0.05) is 0 Å². The van der Waals surface area contributed by atoms with E-state index in [1.807, 2.05) is 13.8 Å². The Bertz CT molecular complexity index is 1200. The number of aryl methyl sites for hydroxylation is 1. The summed E-state index contributed by atoms with van der Waals surface area (Å²) in [5.74, 6) is 1.55. The van der Waals surface area contributed by atoms with E-state index in [9.17, 15) is 9.59 Å². The summed E-state index contributed by atoms with van der Waals surface area (Å²) in [6.07, 6.45) is 2.42. The molecule has 0 saturated carbocycles. The maximum atomic E-state index is 13.4. The van der Waals surface area contributed by atoms with Crippen LogP contribution < -0.4 is 15.6 Å². The lowest BCUT2D eigenvalue weighted by Gasteiger charge is -2.26. The van der Waals surface area contributed by atoms with Crippen LogP contribution in [0.25, 0.3) is 22.6 Å². The average Bonchev–Trinajstić information content (AvgIpc) is 3.25. The zero-order valence-corrected chi connectivity index (χ0v) is 19.9. The molecule has 10 nitrogen and oxygen atoms in total. The van der Waals surface area contributed by atoms with Gasteiger partial charge in [0.15, 0.2) is 17.2 Å². The summed E-state index contributed by atoms with van der Waals surface area (Å²) in [4.78, 5) is 37.2. The molecule has 3 aromatic heterocycles. The molecule has 1 fully saturated rings. The van der Waals surface area contributed by atoms with Crippen LogP contribution in [0, 0.1) is 6.92 Å². The lowest BCUT2D eigenvalue weighted by Crippen LogP contribution is -2.37. The lowest BCUT2D eigenvalue weighted by atomic mass is 10.3. The fourth-order valence-corrected chi connectivity index (χ4v) is 3.87. The van der Waals surface area contributed by atoms with E-state index in [0.717, 1.165) is 39.3 Å². The molecule has 0 aliphatic carbocycles. The van der Waals surface area contributed by atoms with Crippen LogP contribution in [0.5, 0.6) is 5.75 Å². The summed E-state index contributed by atoms with van der Waals surface area (Å²) in [6.45, 7) is 10.2. The van der Waals surface area contributed by atoms with E-state index in [1.165, 1.54) is 4.57 Å². The van der Waals surface area contributed by atoms with Crippen LogP contribution >= 0.6 is 0 Å². The molecule has 4 heterocycles. The predicted molar refractivity (Wildman–Crippen MR) is 127 cm³/mol. The van der Waals surface area contributed by atoms with E-state index in [1.54, 1.807) is 31.3 Å². The molecular formula is C24H31N5O5. The van der Waals surface area contributed by atoms with Crippen molar-refractivity contribution >= 4 is 16.9 Å². The molecule has 1 amide bonds. The van der Waals surface area contributed by atoms with Crippen molar-refractivity contribution in [2.75, 3.05) is 39.5 Å². The summed E-state index contributed by atoms with van der Waals surface area (Å²) in [5, 5.41) is 3.10. The Morgan fingerprint density at radius 2 is 2.06 bits per heavy atom. The largest absolute Gasteiger partial charge is 0.492 e. The number of carbonyl (C=O) groups is 1. The molecule has 1 aliphatic heterocycles. The van der Waals surface area contributed by atoms with Gasteiger partial charge in [0.05, 0.1) is 31.4 Å². The third kappa shape index (κ3) is 5.81. The molecule has 1 N–H and O–H groups in total. The van der Waals surface area contributed by atoms with Gasteiger partial charge in [-0.15, -0.1) is 0 Å². The third-order valence-corrected chi connectivity index (χ3v) is 5.49. The van der Waals surface area contributed by atoms with E-state index in [-0.39, 0.29) is 40.9 Å². The van der Waals surface area contributed by atoms with E-state index < -0.39 is 0 Å². The molecule has 0 atom stereocenters. The molecular weight excluding hydrogens is 438 g/mol. The molecule has 0 spiro atoms. The van der Waals surface area contributed by atoms with Crippen LogP contribution in [0.15, 0.2) is 33.6 Å². The summed E-state index contributed by atoms with van der Waals surface area (Å²) in [5.41, 5.74) is -0.102. The van der Waals surface area contributed by atoms with Gasteiger partial charge in [0.1, 0.15) is 18.1 Å². The van der Waals surface area contributed by atoms with Crippen LogP contribution in [-0.2, 0) is 16.1 Å². The van der Waals surface area contributed by atoms with Gasteiger partial charge in [-0.2, -0.15) is 0 Å². The zero-order valence-electron chi connectivity index (χ0n) is 19.9. The smallest absolute Gasteiger partial charge is 0.264 e. The number of hydrogen-bond acceptors (Lipinski definition) is 8. The zero-order chi connectivity index (χ0) is 24.1. The molecule has 0 bridgehead atoms. The highest BCUT2D eigenvalue weighted by molar-refractivity contribution is 5.80. The molecule has 34 heavy (non-hydrogen) atoms. The van der Waals surface area contributed by atoms with E-state index >= 15 is 0 Å².